The van der Waals surface area contributed by atoms with E-state index in [1.807, 2.05) is 11.0 Å². The number of fused-ring (bicyclic) bond motifs is 1. The molecule has 1 aliphatic carbocycles. The fourth-order valence-electron chi connectivity index (χ4n) is 4.70. The Morgan fingerprint density at radius 1 is 1.31 bits per heavy atom. The van der Waals surface area contributed by atoms with Gasteiger partial charge in [0.1, 0.15) is 5.41 Å². The van der Waals surface area contributed by atoms with Crippen LogP contribution < -0.4 is 0 Å². The number of ether oxygens (including phenoxy) is 1. The molecule has 3 rings (SSSR count). The van der Waals surface area contributed by atoms with Crippen molar-refractivity contribution in [2.24, 2.45) is 11.3 Å². The Labute approximate surface area is 154 Å². The second kappa shape index (κ2) is 7.64. The third-order valence-corrected chi connectivity index (χ3v) is 5.97. The highest BCUT2D eigenvalue weighted by molar-refractivity contribution is 5.99. The zero-order valence-electron chi connectivity index (χ0n) is 15.5. The van der Waals surface area contributed by atoms with Gasteiger partial charge in [-0.2, -0.15) is 0 Å². The van der Waals surface area contributed by atoms with Crippen LogP contribution in [0, 0.1) is 11.3 Å². The average molecular weight is 360 g/mol. The van der Waals surface area contributed by atoms with Crippen molar-refractivity contribution in [3.8, 4) is 0 Å². The maximum atomic E-state index is 13.2. The number of hydrogen-bond donors (Lipinski definition) is 0. The highest BCUT2D eigenvalue weighted by atomic mass is 16.5. The molecule has 6 heteroatoms. The quantitative estimate of drug-likeness (QED) is 0.557. The summed E-state index contributed by atoms with van der Waals surface area (Å²) in [6.07, 6.45) is 8.88. The van der Waals surface area contributed by atoms with Crippen LogP contribution in [-0.2, 0) is 19.1 Å². The molecular formula is C20H28N2O4. The van der Waals surface area contributed by atoms with Crippen molar-refractivity contribution in [3.63, 3.8) is 0 Å². The molecule has 0 N–H and O–H groups in total. The molecular weight excluding hydrogens is 332 g/mol. The van der Waals surface area contributed by atoms with Crippen molar-refractivity contribution in [1.29, 1.82) is 0 Å². The normalized spacial score (nSPS) is 28.4. The number of rotatable bonds is 5. The molecule has 0 saturated carbocycles. The van der Waals surface area contributed by atoms with Crippen LogP contribution in [0.25, 0.3) is 0 Å². The summed E-state index contributed by atoms with van der Waals surface area (Å²) in [6, 6.07) is 0. The number of amides is 2. The molecule has 0 bridgehead atoms. The zero-order valence-corrected chi connectivity index (χ0v) is 15.5. The van der Waals surface area contributed by atoms with E-state index in [1.165, 1.54) is 7.11 Å². The SMILES string of the molecule is C=CCN1C(=O)[C@@H](CC(=O)N2CCCC2)[C@]2(C(=O)OC)CCCCC=C12. The fourth-order valence-corrected chi connectivity index (χ4v) is 4.70. The molecule has 0 aromatic carbocycles. The summed E-state index contributed by atoms with van der Waals surface area (Å²) in [5.74, 6) is -1.28. The number of allylic oxidation sites excluding steroid dienone is 1. The average Bonchev–Trinajstić information content (AvgIpc) is 3.18. The minimum absolute atomic E-state index is 0.0341. The first-order valence-electron chi connectivity index (χ1n) is 9.55. The molecule has 0 aromatic rings. The van der Waals surface area contributed by atoms with Gasteiger partial charge in [-0.05, 0) is 32.1 Å². The van der Waals surface area contributed by atoms with Crippen molar-refractivity contribution in [1.82, 2.24) is 9.80 Å². The van der Waals surface area contributed by atoms with Crippen LogP contribution in [0.1, 0.15) is 44.9 Å². The van der Waals surface area contributed by atoms with Crippen LogP contribution in [0.5, 0.6) is 0 Å². The topological polar surface area (TPSA) is 66.9 Å². The largest absolute Gasteiger partial charge is 0.468 e. The first-order chi connectivity index (χ1) is 12.6. The molecule has 3 aliphatic rings. The second-order valence-electron chi connectivity index (χ2n) is 7.38. The van der Waals surface area contributed by atoms with Crippen LogP contribution in [0.4, 0.5) is 0 Å². The van der Waals surface area contributed by atoms with Crippen LogP contribution in [0.15, 0.2) is 24.4 Å². The van der Waals surface area contributed by atoms with Crippen molar-refractivity contribution in [2.75, 3.05) is 26.7 Å². The van der Waals surface area contributed by atoms with Gasteiger partial charge in [0.15, 0.2) is 0 Å². The molecule has 2 amide bonds. The van der Waals surface area contributed by atoms with Gasteiger partial charge in [0, 0.05) is 31.8 Å². The van der Waals surface area contributed by atoms with Gasteiger partial charge in [-0.25, -0.2) is 0 Å². The zero-order chi connectivity index (χ0) is 18.7. The molecule has 2 fully saturated rings. The van der Waals surface area contributed by atoms with Gasteiger partial charge in [0.25, 0.3) is 0 Å². The standard InChI is InChI=1S/C20H28N2O4/c1-3-11-22-16-9-5-4-6-10-20(16,19(25)26-2)15(18(22)24)14-17(23)21-12-7-8-13-21/h3,9,15H,1,4-8,10-14H2,2H3/t15-,20-/m1/s1. The predicted octanol–water partition coefficient (Wildman–Crippen LogP) is 2.26. The third-order valence-electron chi connectivity index (χ3n) is 5.97. The van der Waals surface area contributed by atoms with Crippen molar-refractivity contribution in [3.05, 3.63) is 24.4 Å². The predicted molar refractivity (Wildman–Crippen MR) is 96.8 cm³/mol. The smallest absolute Gasteiger partial charge is 0.318 e. The molecule has 0 aromatic heterocycles. The number of likely N-dealkylation sites (tertiary alicyclic amines) is 2. The maximum Gasteiger partial charge on any atom is 0.318 e. The molecule has 2 saturated heterocycles. The molecule has 6 nitrogen and oxygen atoms in total. The van der Waals surface area contributed by atoms with E-state index in [0.29, 0.717) is 18.7 Å². The van der Waals surface area contributed by atoms with Crippen molar-refractivity contribution < 1.29 is 19.1 Å². The highest BCUT2D eigenvalue weighted by Gasteiger charge is 2.61. The van der Waals surface area contributed by atoms with Gasteiger partial charge < -0.3 is 14.5 Å². The van der Waals surface area contributed by atoms with Crippen LogP contribution in [-0.4, -0.2) is 54.3 Å². The number of methoxy groups -OCH3 is 1. The van der Waals surface area contributed by atoms with Crippen molar-refractivity contribution in [2.45, 2.75) is 44.9 Å². The Hall–Kier alpha value is -2.11. The Morgan fingerprint density at radius 3 is 2.69 bits per heavy atom. The van der Waals surface area contributed by atoms with Gasteiger partial charge in [-0.15, -0.1) is 6.58 Å². The lowest BCUT2D eigenvalue weighted by atomic mass is 9.71. The summed E-state index contributed by atoms with van der Waals surface area (Å²) in [6.45, 7) is 5.57. The van der Waals surface area contributed by atoms with E-state index in [1.54, 1.807) is 11.0 Å². The molecule has 0 radical (unpaired) electrons. The molecule has 2 atom stereocenters. The van der Waals surface area contributed by atoms with Crippen molar-refractivity contribution >= 4 is 17.8 Å². The van der Waals surface area contributed by atoms with Gasteiger partial charge in [0.05, 0.1) is 13.0 Å². The molecule has 0 spiro atoms. The number of carbonyl (C=O) groups is 3. The molecule has 2 heterocycles. The molecule has 142 valence electrons. The lowest BCUT2D eigenvalue weighted by molar-refractivity contribution is -0.156. The number of carbonyl (C=O) groups excluding carboxylic acids is 3. The van der Waals surface area contributed by atoms with Gasteiger partial charge in [-0.1, -0.05) is 18.6 Å². The second-order valence-corrected chi connectivity index (χ2v) is 7.38. The summed E-state index contributed by atoms with van der Waals surface area (Å²) in [4.78, 5) is 42.4. The monoisotopic (exact) mass is 360 g/mol. The number of hydrogen-bond acceptors (Lipinski definition) is 4. The van der Waals surface area contributed by atoms with E-state index in [-0.39, 0.29) is 18.2 Å². The van der Waals surface area contributed by atoms with Crippen LogP contribution in [0.2, 0.25) is 0 Å². The third kappa shape index (κ3) is 2.95. The summed E-state index contributed by atoms with van der Waals surface area (Å²) >= 11 is 0. The Kier molecular flexibility index (Phi) is 5.49. The Morgan fingerprint density at radius 2 is 2.04 bits per heavy atom. The molecule has 2 aliphatic heterocycles. The Bertz CT molecular complexity index is 636. The van der Waals surface area contributed by atoms with Gasteiger partial charge in [-0.3, -0.25) is 14.4 Å². The van der Waals surface area contributed by atoms with E-state index >= 15 is 0 Å². The van der Waals surface area contributed by atoms with Gasteiger partial charge in [0.2, 0.25) is 11.8 Å². The molecule has 0 unspecified atom stereocenters. The van der Waals surface area contributed by atoms with E-state index in [2.05, 4.69) is 6.58 Å². The first kappa shape index (κ1) is 18.7. The molecule has 26 heavy (non-hydrogen) atoms. The summed E-state index contributed by atoms with van der Waals surface area (Å²) < 4.78 is 5.15. The van der Waals surface area contributed by atoms with Crippen LogP contribution >= 0.6 is 0 Å². The van der Waals surface area contributed by atoms with E-state index in [0.717, 1.165) is 45.2 Å². The van der Waals surface area contributed by atoms with E-state index in [9.17, 15) is 14.4 Å². The number of nitrogens with zero attached hydrogens (tertiary/aromatic N) is 2. The van der Waals surface area contributed by atoms with E-state index in [4.69, 9.17) is 4.74 Å². The Balaban J connectivity index is 2.00. The lowest BCUT2D eigenvalue weighted by Gasteiger charge is -2.32. The highest BCUT2D eigenvalue weighted by Crippen LogP contribution is 2.53. The van der Waals surface area contributed by atoms with Crippen LogP contribution in [0.3, 0.4) is 0 Å². The first-order valence-corrected chi connectivity index (χ1v) is 9.55. The fraction of sp³-hybridized carbons (Fsp3) is 0.650. The summed E-state index contributed by atoms with van der Waals surface area (Å²) in [7, 11) is 1.36. The summed E-state index contributed by atoms with van der Waals surface area (Å²) in [5.41, 5.74) is -0.327. The van der Waals surface area contributed by atoms with Gasteiger partial charge >= 0.3 is 5.97 Å². The number of esters is 1. The lowest BCUT2D eigenvalue weighted by Crippen LogP contribution is -2.42. The summed E-state index contributed by atoms with van der Waals surface area (Å²) in [5, 5.41) is 0. The maximum absolute atomic E-state index is 13.2. The van der Waals surface area contributed by atoms with E-state index < -0.39 is 17.3 Å². The minimum atomic E-state index is -1.04. The minimum Gasteiger partial charge on any atom is -0.468 e.